The predicted octanol–water partition coefficient (Wildman–Crippen LogP) is 25.7. The molecule has 2 aliphatic heterocycles. The third-order valence-corrected chi connectivity index (χ3v) is 26.1. The molecule has 0 saturated heterocycles. The van der Waals surface area contributed by atoms with E-state index in [2.05, 4.69) is 387 Å². The van der Waals surface area contributed by atoms with E-state index in [-0.39, 0.29) is 39.2 Å². The topological polar surface area (TPSA) is 21.3 Å². The van der Waals surface area contributed by atoms with Gasteiger partial charge >= 0.3 is 0 Å². The van der Waals surface area contributed by atoms with Gasteiger partial charge in [-0.05, 0) is 239 Å². The Morgan fingerprint density at radius 1 is 0.259 bits per heavy atom. The van der Waals surface area contributed by atoms with Gasteiger partial charge in [0, 0.05) is 77.8 Å². The fraction of sp³-hybridized carbons (Fsp3) is 0.235. The average molecular weight is 1400 g/mol. The Labute approximate surface area is 636 Å². The van der Waals surface area contributed by atoms with E-state index >= 15 is 0 Å². The lowest BCUT2D eigenvalue weighted by atomic mass is 9.33. The fourth-order valence-corrected chi connectivity index (χ4v) is 19.7. The molecule has 4 aliphatic rings. The summed E-state index contributed by atoms with van der Waals surface area (Å²) in [6.07, 6.45) is 4.69. The highest BCUT2D eigenvalue weighted by molar-refractivity contribution is 7.00. The minimum atomic E-state index is -0.187. The van der Waals surface area contributed by atoms with Crippen LogP contribution in [0.1, 0.15) is 156 Å². The first kappa shape index (κ1) is 66.4. The van der Waals surface area contributed by atoms with Crippen molar-refractivity contribution in [2.75, 3.05) is 9.80 Å². The summed E-state index contributed by atoms with van der Waals surface area (Å²) in [7, 11) is 0. The van der Waals surface area contributed by atoms with Crippen LogP contribution in [0.15, 0.2) is 267 Å². The molecular weight excluding hydrogens is 1310 g/mol. The smallest absolute Gasteiger partial charge is 0.252 e. The summed E-state index contributed by atoms with van der Waals surface area (Å²) in [6.45, 7) is 33.4. The highest BCUT2D eigenvalue weighted by Crippen LogP contribution is 2.53. The maximum atomic E-state index is 2.65. The lowest BCUT2D eigenvalue weighted by Crippen LogP contribution is -2.61. The van der Waals surface area contributed by atoms with Crippen molar-refractivity contribution in [1.82, 2.24) is 13.7 Å². The Bertz CT molecular complexity index is 5970. The molecular formula is C102H94BN5. The third kappa shape index (κ3) is 10.0. The van der Waals surface area contributed by atoms with Crippen molar-refractivity contribution in [2.24, 2.45) is 0 Å². The van der Waals surface area contributed by atoms with Crippen molar-refractivity contribution in [3.05, 3.63) is 300 Å². The van der Waals surface area contributed by atoms with Gasteiger partial charge in [0.05, 0.1) is 38.8 Å². The molecule has 6 heteroatoms. The van der Waals surface area contributed by atoms with E-state index in [9.17, 15) is 0 Å². The van der Waals surface area contributed by atoms with Gasteiger partial charge in [-0.15, -0.1) is 0 Å². The number of rotatable bonds is 7. The van der Waals surface area contributed by atoms with Gasteiger partial charge in [0.2, 0.25) is 0 Å². The molecule has 20 rings (SSSR count). The lowest BCUT2D eigenvalue weighted by molar-refractivity contribution is 0.332. The number of fused-ring (bicyclic) bond motifs is 15. The Morgan fingerprint density at radius 3 is 0.926 bits per heavy atom. The number of para-hydroxylation sites is 4. The molecule has 530 valence electrons. The second kappa shape index (κ2) is 23.2. The van der Waals surface area contributed by atoms with Crippen molar-refractivity contribution in [1.29, 1.82) is 0 Å². The van der Waals surface area contributed by atoms with Crippen molar-refractivity contribution in [2.45, 2.75) is 155 Å². The van der Waals surface area contributed by atoms with E-state index in [0.717, 1.165) is 64.0 Å². The molecule has 0 saturated carbocycles. The molecule has 3 aromatic heterocycles. The SMILES string of the molecule is CC(C)(C)c1ccc2c(c1)c1cc(C(C)(C)C)ccc1n2-c1cc2c3c(c1)N(c1ccc(-c4ccc5c(c4)C(C)(C)CCC5(C)C)cc1)c1cc(-n4c5ccccc5c5ccccc54)ccc1B3c1ccc(-n3c4ccccc4c4ccccc43)cc1N2c1ccc(-c2ccc3c(c2)C(C)(C)CCC3(C)C)cc1. The minimum Gasteiger partial charge on any atom is -0.311 e. The predicted molar refractivity (Wildman–Crippen MR) is 462 cm³/mol. The van der Waals surface area contributed by atoms with Gasteiger partial charge in [-0.25, -0.2) is 0 Å². The number of nitrogens with zero attached hydrogens (tertiary/aromatic N) is 5. The summed E-state index contributed by atoms with van der Waals surface area (Å²) in [5.41, 5.74) is 34.7. The second-order valence-corrected chi connectivity index (χ2v) is 36.7. The minimum absolute atomic E-state index is 0.0703. The molecule has 2 aliphatic carbocycles. The van der Waals surface area contributed by atoms with E-state index in [0.29, 0.717) is 0 Å². The van der Waals surface area contributed by atoms with Crippen LogP contribution < -0.4 is 26.2 Å². The Hall–Kier alpha value is -11.1. The van der Waals surface area contributed by atoms with Crippen LogP contribution in [0.2, 0.25) is 0 Å². The van der Waals surface area contributed by atoms with Crippen LogP contribution in [-0.4, -0.2) is 20.4 Å². The number of hydrogen-bond acceptors (Lipinski definition) is 2. The quantitative estimate of drug-likeness (QED) is 0.148. The summed E-state index contributed by atoms with van der Waals surface area (Å²) < 4.78 is 7.61. The zero-order valence-electron chi connectivity index (χ0n) is 65.0. The van der Waals surface area contributed by atoms with Crippen LogP contribution >= 0.6 is 0 Å². The maximum absolute atomic E-state index is 2.65. The summed E-state index contributed by atoms with van der Waals surface area (Å²) in [5.74, 6) is 0. The van der Waals surface area contributed by atoms with E-state index in [1.54, 1.807) is 0 Å². The summed E-state index contributed by atoms with van der Waals surface area (Å²) in [4.78, 5) is 5.30. The van der Waals surface area contributed by atoms with Crippen LogP contribution in [-0.2, 0) is 32.5 Å². The van der Waals surface area contributed by atoms with Gasteiger partial charge in [0.25, 0.3) is 6.71 Å². The fourth-order valence-electron chi connectivity index (χ4n) is 19.7. The molecule has 13 aromatic carbocycles. The molecule has 5 nitrogen and oxygen atoms in total. The Kier molecular flexibility index (Phi) is 14.3. The number of anilines is 6. The van der Waals surface area contributed by atoms with Crippen LogP contribution in [0.25, 0.3) is 105 Å². The standard InChI is InChI=1S/C102H94BN5/c1-97(2,3)67-37-49-90-78(57-67)79-58-68(98(4,5)6)38-50-91(79)108(90)73-61-94-96-95(62-73)105(70-41-33-64(34-42-70)66-36-46-81-83(56-66)102(13,14)54-52-100(81,9)10)93-60-72(107-88-29-21-17-25-76(88)77-26-18-22-30-89(77)107)44-48-85(93)103(96)84-47-43-71(106-86-27-19-15-23-74(86)75-24-16-20-28-87(75)106)59-92(84)104(94)69-39-31-63(32-40-69)65-35-45-80-82(55-65)101(11,12)53-51-99(80,7)8/h15-50,55-62H,51-54H2,1-14H3. The Morgan fingerprint density at radius 2 is 0.565 bits per heavy atom. The highest BCUT2D eigenvalue weighted by atomic mass is 15.2. The maximum Gasteiger partial charge on any atom is 0.252 e. The van der Waals surface area contributed by atoms with Gasteiger partial charge in [-0.3, -0.25) is 0 Å². The largest absolute Gasteiger partial charge is 0.311 e. The van der Waals surface area contributed by atoms with Crippen molar-refractivity contribution >= 4 is 123 Å². The van der Waals surface area contributed by atoms with Gasteiger partial charge in [-0.1, -0.05) is 255 Å². The average Bonchev–Trinajstić information content (AvgIpc) is 0.863. The van der Waals surface area contributed by atoms with E-state index in [1.807, 2.05) is 0 Å². The number of hydrogen-bond donors (Lipinski definition) is 0. The van der Waals surface area contributed by atoms with Crippen LogP contribution in [0.5, 0.6) is 0 Å². The molecule has 108 heavy (non-hydrogen) atoms. The van der Waals surface area contributed by atoms with Crippen LogP contribution in [0.4, 0.5) is 34.1 Å². The highest BCUT2D eigenvalue weighted by Gasteiger charge is 2.46. The first-order valence-electron chi connectivity index (χ1n) is 39.4. The van der Waals surface area contributed by atoms with Crippen molar-refractivity contribution in [3.8, 4) is 39.3 Å². The van der Waals surface area contributed by atoms with E-state index in [4.69, 9.17) is 0 Å². The normalized spacial score (nSPS) is 16.1. The zero-order chi connectivity index (χ0) is 74.0. The molecule has 0 bridgehead atoms. The van der Waals surface area contributed by atoms with Gasteiger partial charge in [0.15, 0.2) is 0 Å². The molecule has 0 atom stereocenters. The third-order valence-electron chi connectivity index (χ3n) is 26.1. The number of benzene rings is 13. The summed E-state index contributed by atoms with van der Waals surface area (Å²) in [6, 6.07) is 104. The number of aromatic nitrogens is 3. The summed E-state index contributed by atoms with van der Waals surface area (Å²) >= 11 is 0. The van der Waals surface area contributed by atoms with E-state index < -0.39 is 0 Å². The molecule has 16 aromatic rings. The molecule has 0 radical (unpaired) electrons. The van der Waals surface area contributed by atoms with Gasteiger partial charge in [-0.2, -0.15) is 0 Å². The first-order chi connectivity index (χ1) is 51.8. The molecule has 0 spiro atoms. The zero-order valence-corrected chi connectivity index (χ0v) is 65.0. The molecule has 5 heterocycles. The van der Waals surface area contributed by atoms with Gasteiger partial charge in [0.1, 0.15) is 0 Å². The molecule has 0 unspecified atom stereocenters. The van der Waals surface area contributed by atoms with Crippen LogP contribution in [0, 0.1) is 0 Å². The lowest BCUT2D eigenvalue weighted by Gasteiger charge is -2.44. The monoisotopic (exact) mass is 1400 g/mol. The van der Waals surface area contributed by atoms with Crippen molar-refractivity contribution < 1.29 is 0 Å². The van der Waals surface area contributed by atoms with E-state index in [1.165, 1.54) is 150 Å². The first-order valence-corrected chi connectivity index (χ1v) is 39.4. The molecule has 0 fully saturated rings. The second-order valence-electron chi connectivity index (χ2n) is 36.7. The van der Waals surface area contributed by atoms with Gasteiger partial charge < -0.3 is 23.5 Å². The molecule has 0 amide bonds. The Balaban J connectivity index is 0.889. The van der Waals surface area contributed by atoms with Crippen molar-refractivity contribution in [3.63, 3.8) is 0 Å². The van der Waals surface area contributed by atoms with Crippen LogP contribution in [0.3, 0.4) is 0 Å². The molecule has 0 N–H and O–H groups in total. The summed E-state index contributed by atoms with van der Waals surface area (Å²) in [5, 5.41) is 7.49.